The molecule has 0 spiro atoms. The zero-order chi connectivity index (χ0) is 37.0. The number of fused-ring (bicyclic) bond motifs is 7. The molecule has 1 aliphatic rings. The van der Waals surface area contributed by atoms with Crippen molar-refractivity contribution in [3.63, 3.8) is 0 Å². The second-order valence-corrected chi connectivity index (χ2v) is 14.2. The Morgan fingerprint density at radius 1 is 0.393 bits per heavy atom. The lowest BCUT2D eigenvalue weighted by Gasteiger charge is -2.32. The van der Waals surface area contributed by atoms with Crippen molar-refractivity contribution in [3.8, 4) is 11.4 Å². The van der Waals surface area contributed by atoms with E-state index in [9.17, 15) is 0 Å². The van der Waals surface area contributed by atoms with Gasteiger partial charge in [0.25, 0.3) is 0 Å². The molecule has 2 aromatic heterocycles. The molecule has 0 amide bonds. The van der Waals surface area contributed by atoms with Gasteiger partial charge in [-0.3, -0.25) is 0 Å². The molecular formula is C51H36N5-. The minimum Gasteiger partial charge on any atom is -0.438 e. The minimum absolute atomic E-state index is 0.247. The number of hydrogen-bond acceptors (Lipinski definition) is 2. The first-order chi connectivity index (χ1) is 27.8. The summed E-state index contributed by atoms with van der Waals surface area (Å²) in [5.41, 5.74) is 12.2. The number of hydrogen-bond donors (Lipinski definition) is 0. The second-order valence-electron chi connectivity index (χ2n) is 14.2. The lowest BCUT2D eigenvalue weighted by atomic mass is 10.0. The Hall–Kier alpha value is -7.50. The number of aromatic nitrogens is 2. The van der Waals surface area contributed by atoms with E-state index in [2.05, 4.69) is 231 Å². The summed E-state index contributed by atoms with van der Waals surface area (Å²) < 4.78 is 4.78. The molecular weight excluding hydrogens is 683 g/mol. The summed E-state index contributed by atoms with van der Waals surface area (Å²) in [4.78, 5) is 4.80. The standard InChI is InChI=1S/C51H36N5/c1-7-19-36(20-8-1)50-52-51-49(56(50)41-29-17-6-18-30-41)48-46(55(51)40-27-15-5-16-28-40)34-33-45-47(48)43-35-42(31-32-44(43)54(45)39-25-13-4-14-26-39)53(37-21-9-2-10-22-37)38-23-11-3-12-24-38/h1-35,50H/q-1. The smallest absolute Gasteiger partial charge is 0.0658 e. The van der Waals surface area contributed by atoms with Gasteiger partial charge < -0.3 is 24.3 Å². The first kappa shape index (κ1) is 32.0. The first-order valence-electron chi connectivity index (χ1n) is 19.1. The average Bonchev–Trinajstić information content (AvgIpc) is 3.92. The van der Waals surface area contributed by atoms with Crippen LogP contribution in [0.25, 0.3) is 49.4 Å². The fraction of sp³-hybridized carbons (Fsp3) is 0.0196. The highest BCUT2D eigenvalue weighted by Crippen LogP contribution is 2.60. The summed E-state index contributed by atoms with van der Waals surface area (Å²) in [6.07, 6.45) is -0.247. The first-order valence-corrected chi connectivity index (χ1v) is 19.1. The fourth-order valence-electron chi connectivity index (χ4n) is 8.63. The Labute approximate surface area is 325 Å². The van der Waals surface area contributed by atoms with E-state index in [-0.39, 0.29) is 6.17 Å². The Kier molecular flexibility index (Phi) is 7.49. The molecule has 0 saturated carbocycles. The summed E-state index contributed by atoms with van der Waals surface area (Å²) in [5.74, 6) is 0.948. The van der Waals surface area contributed by atoms with Gasteiger partial charge in [0.2, 0.25) is 0 Å². The van der Waals surface area contributed by atoms with E-state index in [0.717, 1.165) is 67.7 Å². The molecule has 3 heterocycles. The summed E-state index contributed by atoms with van der Waals surface area (Å²) in [6.45, 7) is 0. The van der Waals surface area contributed by atoms with Crippen molar-refractivity contribution in [2.45, 2.75) is 6.17 Å². The van der Waals surface area contributed by atoms with Crippen molar-refractivity contribution < 1.29 is 0 Å². The van der Waals surface area contributed by atoms with Crippen LogP contribution in [0.4, 0.5) is 34.3 Å². The monoisotopic (exact) mass is 718 g/mol. The van der Waals surface area contributed by atoms with E-state index < -0.39 is 0 Å². The van der Waals surface area contributed by atoms with Crippen molar-refractivity contribution in [1.82, 2.24) is 9.13 Å². The third kappa shape index (κ3) is 5.02. The molecule has 5 heteroatoms. The maximum atomic E-state index is 5.64. The van der Waals surface area contributed by atoms with Crippen LogP contribution in [0.3, 0.4) is 0 Å². The molecule has 0 aliphatic carbocycles. The highest BCUT2D eigenvalue weighted by atomic mass is 15.4. The van der Waals surface area contributed by atoms with Crippen molar-refractivity contribution in [3.05, 3.63) is 223 Å². The molecule has 0 fully saturated rings. The van der Waals surface area contributed by atoms with Gasteiger partial charge in [-0.25, -0.2) is 0 Å². The van der Waals surface area contributed by atoms with Gasteiger partial charge in [-0.1, -0.05) is 140 Å². The van der Waals surface area contributed by atoms with E-state index in [1.165, 1.54) is 16.2 Å². The van der Waals surface area contributed by atoms with E-state index >= 15 is 0 Å². The summed E-state index contributed by atoms with van der Waals surface area (Å²) in [5, 5.41) is 9.19. The average molecular weight is 719 g/mol. The van der Waals surface area contributed by atoms with Crippen molar-refractivity contribution in [2.75, 3.05) is 9.80 Å². The molecule has 0 bridgehead atoms. The van der Waals surface area contributed by atoms with Gasteiger partial charge in [0, 0.05) is 50.3 Å². The van der Waals surface area contributed by atoms with Crippen LogP contribution in [0.2, 0.25) is 0 Å². The number of para-hydroxylation sites is 5. The molecule has 1 aliphatic heterocycles. The van der Waals surface area contributed by atoms with Gasteiger partial charge in [-0.15, -0.1) is 0 Å². The predicted octanol–water partition coefficient (Wildman–Crippen LogP) is 14.1. The summed E-state index contributed by atoms with van der Waals surface area (Å²) >= 11 is 0. The van der Waals surface area contributed by atoms with Crippen LogP contribution in [0.15, 0.2) is 212 Å². The van der Waals surface area contributed by atoms with E-state index in [1.54, 1.807) is 0 Å². The van der Waals surface area contributed by atoms with Crippen LogP contribution >= 0.6 is 0 Å². The maximum Gasteiger partial charge on any atom is 0.0658 e. The van der Waals surface area contributed by atoms with Gasteiger partial charge in [0.15, 0.2) is 0 Å². The van der Waals surface area contributed by atoms with Crippen LogP contribution in [0, 0.1) is 0 Å². The minimum atomic E-state index is -0.247. The lowest BCUT2D eigenvalue weighted by Crippen LogP contribution is -2.18. The highest BCUT2D eigenvalue weighted by Gasteiger charge is 2.33. The largest absolute Gasteiger partial charge is 0.438 e. The van der Waals surface area contributed by atoms with Gasteiger partial charge in [0.1, 0.15) is 0 Å². The number of rotatable bonds is 7. The molecule has 1 atom stereocenters. The molecule has 8 aromatic carbocycles. The number of anilines is 5. The molecule has 0 radical (unpaired) electrons. The van der Waals surface area contributed by atoms with E-state index in [1.807, 2.05) is 0 Å². The highest BCUT2D eigenvalue weighted by molar-refractivity contribution is 6.28. The van der Waals surface area contributed by atoms with Gasteiger partial charge in [-0.2, -0.15) is 0 Å². The second kappa shape index (κ2) is 13.1. The Bertz CT molecular complexity index is 2940. The lowest BCUT2D eigenvalue weighted by molar-refractivity contribution is 0.860. The zero-order valence-electron chi connectivity index (χ0n) is 30.5. The Morgan fingerprint density at radius 3 is 1.43 bits per heavy atom. The Balaban J connectivity index is 1.29. The number of nitrogens with zero attached hydrogens (tertiary/aromatic N) is 5. The third-order valence-corrected chi connectivity index (χ3v) is 11.0. The molecule has 0 saturated heterocycles. The summed E-state index contributed by atoms with van der Waals surface area (Å²) in [7, 11) is 0. The van der Waals surface area contributed by atoms with Crippen molar-refractivity contribution in [1.29, 1.82) is 0 Å². The maximum absolute atomic E-state index is 5.64. The van der Waals surface area contributed by atoms with E-state index in [4.69, 9.17) is 5.32 Å². The number of benzene rings is 8. The summed E-state index contributed by atoms with van der Waals surface area (Å²) in [6, 6.07) is 75.6. The van der Waals surface area contributed by atoms with Crippen molar-refractivity contribution in [2.24, 2.45) is 0 Å². The Morgan fingerprint density at radius 2 is 0.857 bits per heavy atom. The topological polar surface area (TPSA) is 30.4 Å². The van der Waals surface area contributed by atoms with Crippen LogP contribution < -0.4 is 9.80 Å². The molecule has 56 heavy (non-hydrogen) atoms. The molecule has 5 nitrogen and oxygen atoms in total. The van der Waals surface area contributed by atoms with E-state index in [0.29, 0.717) is 0 Å². The molecule has 266 valence electrons. The molecule has 1 unspecified atom stereocenters. The van der Waals surface area contributed by atoms with Crippen LogP contribution in [-0.4, -0.2) is 9.13 Å². The van der Waals surface area contributed by atoms with Crippen molar-refractivity contribution >= 4 is 67.0 Å². The quantitative estimate of drug-likeness (QED) is 0.164. The molecule has 0 N–H and O–H groups in total. The fourth-order valence-corrected chi connectivity index (χ4v) is 8.63. The molecule has 10 aromatic rings. The van der Waals surface area contributed by atoms with Gasteiger partial charge >= 0.3 is 0 Å². The third-order valence-electron chi connectivity index (χ3n) is 11.0. The van der Waals surface area contributed by atoms with Crippen LogP contribution in [0.5, 0.6) is 0 Å². The SMILES string of the molecule is c1ccc(C2[N-]c3c(c4c5c6cc(N(c7ccccc7)c7ccccc7)ccc6n(-c6ccccc6)c5ccc4n3-c3ccccc3)N2c2ccccc2)cc1. The van der Waals surface area contributed by atoms with Crippen LogP contribution in [0.1, 0.15) is 11.7 Å². The molecule has 11 rings (SSSR count). The normalized spacial score (nSPS) is 13.6. The zero-order valence-corrected chi connectivity index (χ0v) is 30.5. The van der Waals surface area contributed by atoms with Gasteiger partial charge in [0.05, 0.1) is 17.2 Å². The van der Waals surface area contributed by atoms with Crippen LogP contribution in [-0.2, 0) is 0 Å². The van der Waals surface area contributed by atoms with Gasteiger partial charge in [-0.05, 0) is 95.4 Å². The predicted molar refractivity (Wildman–Crippen MR) is 233 cm³/mol.